The fourth-order valence-electron chi connectivity index (χ4n) is 3.66. The Morgan fingerprint density at radius 1 is 1.04 bits per heavy atom. The van der Waals surface area contributed by atoms with E-state index in [2.05, 4.69) is 55.1 Å². The molecule has 3 rings (SSSR count). The molecule has 0 N–H and O–H groups in total. The zero-order chi connectivity index (χ0) is 16.4. The van der Waals surface area contributed by atoms with E-state index in [4.69, 9.17) is 9.47 Å². The van der Waals surface area contributed by atoms with Crippen molar-refractivity contribution in [2.45, 2.75) is 38.9 Å². The van der Waals surface area contributed by atoms with Gasteiger partial charge in [-0.25, -0.2) is 0 Å². The lowest BCUT2D eigenvalue weighted by molar-refractivity contribution is 0.126. The summed E-state index contributed by atoms with van der Waals surface area (Å²) < 4.78 is 11.1. The van der Waals surface area contributed by atoms with Crippen molar-refractivity contribution in [3.05, 3.63) is 59.2 Å². The van der Waals surface area contributed by atoms with E-state index in [1.807, 2.05) is 6.07 Å². The van der Waals surface area contributed by atoms with E-state index in [1.54, 1.807) is 14.2 Å². The maximum Gasteiger partial charge on any atom is 0.127 e. The van der Waals surface area contributed by atoms with Crippen LogP contribution >= 0.6 is 0 Å². The van der Waals surface area contributed by atoms with Gasteiger partial charge in [0.1, 0.15) is 11.5 Å². The fourth-order valence-corrected chi connectivity index (χ4v) is 3.66. The molecule has 0 amide bonds. The molecule has 2 aromatic carbocycles. The van der Waals surface area contributed by atoms with Gasteiger partial charge in [0, 0.05) is 30.3 Å². The highest BCUT2D eigenvalue weighted by molar-refractivity contribution is 5.50. The number of benzene rings is 2. The third kappa shape index (κ3) is 3.06. The first kappa shape index (κ1) is 15.9. The average Bonchev–Trinajstić information content (AvgIpc) is 2.58. The van der Waals surface area contributed by atoms with Crippen LogP contribution in [0.2, 0.25) is 0 Å². The molecule has 0 bridgehead atoms. The average molecular weight is 311 g/mol. The summed E-state index contributed by atoms with van der Waals surface area (Å²) in [5.41, 5.74) is 3.98. The number of hydrogen-bond acceptors (Lipinski definition) is 3. The molecule has 23 heavy (non-hydrogen) atoms. The summed E-state index contributed by atoms with van der Waals surface area (Å²) in [5, 5.41) is 0. The molecular formula is C20H25NO2. The van der Waals surface area contributed by atoms with Crippen LogP contribution in [0.4, 0.5) is 0 Å². The van der Waals surface area contributed by atoms with Crippen LogP contribution in [0.15, 0.2) is 42.5 Å². The number of rotatable bonds is 4. The molecule has 122 valence electrons. The minimum absolute atomic E-state index is 0.315. The van der Waals surface area contributed by atoms with Crippen molar-refractivity contribution in [1.82, 2.24) is 4.90 Å². The number of fused-ring (bicyclic) bond motifs is 1. The summed E-state index contributed by atoms with van der Waals surface area (Å²) in [6, 6.07) is 15.6. The van der Waals surface area contributed by atoms with Crippen molar-refractivity contribution in [2.75, 3.05) is 14.2 Å². The normalized spacial score (nSPS) is 20.9. The third-order valence-corrected chi connectivity index (χ3v) is 4.86. The van der Waals surface area contributed by atoms with Crippen LogP contribution in [-0.4, -0.2) is 25.2 Å². The molecule has 3 heteroatoms. The lowest BCUT2D eigenvalue weighted by Crippen LogP contribution is -2.40. The van der Waals surface area contributed by atoms with E-state index < -0.39 is 0 Å². The van der Waals surface area contributed by atoms with Crippen LogP contribution < -0.4 is 9.47 Å². The third-order valence-electron chi connectivity index (χ3n) is 4.86. The fraction of sp³-hybridized carbons (Fsp3) is 0.400. The molecule has 0 spiro atoms. The molecule has 0 fully saturated rings. The van der Waals surface area contributed by atoms with Gasteiger partial charge >= 0.3 is 0 Å². The van der Waals surface area contributed by atoms with Crippen LogP contribution in [-0.2, 0) is 13.0 Å². The van der Waals surface area contributed by atoms with Crippen molar-refractivity contribution in [3.63, 3.8) is 0 Å². The highest BCUT2D eigenvalue weighted by Gasteiger charge is 2.32. The molecule has 0 aliphatic carbocycles. The monoisotopic (exact) mass is 311 g/mol. The van der Waals surface area contributed by atoms with Gasteiger partial charge in [-0.2, -0.15) is 0 Å². The van der Waals surface area contributed by atoms with Gasteiger partial charge in [0.25, 0.3) is 0 Å². The zero-order valence-electron chi connectivity index (χ0n) is 14.4. The van der Waals surface area contributed by atoms with E-state index in [0.29, 0.717) is 12.1 Å². The van der Waals surface area contributed by atoms with E-state index in [0.717, 1.165) is 24.5 Å². The van der Waals surface area contributed by atoms with Gasteiger partial charge in [0.15, 0.2) is 0 Å². The molecule has 1 heterocycles. The Bertz CT molecular complexity index is 669. The van der Waals surface area contributed by atoms with Gasteiger partial charge < -0.3 is 9.47 Å². The Kier molecular flexibility index (Phi) is 4.58. The first-order valence-electron chi connectivity index (χ1n) is 8.18. The summed E-state index contributed by atoms with van der Waals surface area (Å²) in [5.74, 6) is 1.80. The second kappa shape index (κ2) is 6.63. The molecule has 2 atom stereocenters. The van der Waals surface area contributed by atoms with E-state index in [9.17, 15) is 0 Å². The Labute approximate surface area is 138 Å². The molecule has 0 radical (unpaired) electrons. The van der Waals surface area contributed by atoms with Gasteiger partial charge in [-0.15, -0.1) is 0 Å². The zero-order valence-corrected chi connectivity index (χ0v) is 14.4. The quantitative estimate of drug-likeness (QED) is 0.844. The highest BCUT2D eigenvalue weighted by atomic mass is 16.5. The first-order chi connectivity index (χ1) is 11.1. The molecule has 1 aliphatic heterocycles. The summed E-state index contributed by atoms with van der Waals surface area (Å²) in [4.78, 5) is 2.55. The van der Waals surface area contributed by atoms with Crippen molar-refractivity contribution >= 4 is 0 Å². The number of methoxy groups -OCH3 is 2. The van der Waals surface area contributed by atoms with Crippen LogP contribution in [0.5, 0.6) is 11.5 Å². The predicted octanol–water partition coefficient (Wildman–Crippen LogP) is 4.21. The minimum atomic E-state index is 0.315. The van der Waals surface area contributed by atoms with Gasteiger partial charge in [-0.05, 0) is 37.5 Å². The van der Waals surface area contributed by atoms with Crippen molar-refractivity contribution in [3.8, 4) is 11.5 Å². The van der Waals surface area contributed by atoms with Crippen molar-refractivity contribution in [2.24, 2.45) is 0 Å². The minimum Gasteiger partial charge on any atom is -0.497 e. The SMILES string of the molecule is COc1cc2c(c(OC)c1)[C@H](C)N(Cc1ccccc1)C(C)C2. The van der Waals surface area contributed by atoms with Crippen LogP contribution in [0.1, 0.15) is 36.6 Å². The Morgan fingerprint density at radius 3 is 2.43 bits per heavy atom. The summed E-state index contributed by atoms with van der Waals surface area (Å²) >= 11 is 0. The number of hydrogen-bond donors (Lipinski definition) is 0. The highest BCUT2D eigenvalue weighted by Crippen LogP contribution is 2.41. The molecule has 0 saturated carbocycles. The van der Waals surface area contributed by atoms with Crippen LogP contribution in [0.25, 0.3) is 0 Å². The molecule has 1 unspecified atom stereocenters. The Morgan fingerprint density at radius 2 is 1.78 bits per heavy atom. The van der Waals surface area contributed by atoms with Gasteiger partial charge in [-0.1, -0.05) is 30.3 Å². The topological polar surface area (TPSA) is 21.7 Å². The first-order valence-corrected chi connectivity index (χ1v) is 8.18. The van der Waals surface area contributed by atoms with Crippen LogP contribution in [0.3, 0.4) is 0 Å². The lowest BCUT2D eigenvalue weighted by Gasteiger charge is -2.41. The van der Waals surface area contributed by atoms with Gasteiger partial charge in [0.05, 0.1) is 14.2 Å². The number of ether oxygens (including phenoxy) is 2. The van der Waals surface area contributed by atoms with E-state index in [1.165, 1.54) is 16.7 Å². The summed E-state index contributed by atoms with van der Waals surface area (Å²) in [7, 11) is 3.44. The summed E-state index contributed by atoms with van der Waals surface area (Å²) in [6.07, 6.45) is 1.01. The smallest absolute Gasteiger partial charge is 0.127 e. The standard InChI is InChI=1S/C20H25NO2/c1-14-10-17-11-18(22-3)12-19(23-4)20(17)15(2)21(14)13-16-8-6-5-7-9-16/h5-9,11-12,14-15H,10,13H2,1-4H3/t14?,15-/m0/s1. The van der Waals surface area contributed by atoms with Gasteiger partial charge in [0.2, 0.25) is 0 Å². The van der Waals surface area contributed by atoms with Crippen molar-refractivity contribution < 1.29 is 9.47 Å². The predicted molar refractivity (Wildman–Crippen MR) is 93.1 cm³/mol. The maximum absolute atomic E-state index is 5.65. The molecule has 0 aromatic heterocycles. The van der Waals surface area contributed by atoms with Crippen molar-refractivity contribution in [1.29, 1.82) is 0 Å². The molecular weight excluding hydrogens is 286 g/mol. The van der Waals surface area contributed by atoms with Gasteiger partial charge in [-0.3, -0.25) is 4.90 Å². The largest absolute Gasteiger partial charge is 0.497 e. The molecule has 1 aliphatic rings. The number of nitrogens with zero attached hydrogens (tertiary/aromatic N) is 1. The second-order valence-corrected chi connectivity index (χ2v) is 6.29. The molecule has 2 aromatic rings. The second-order valence-electron chi connectivity index (χ2n) is 6.29. The van der Waals surface area contributed by atoms with E-state index >= 15 is 0 Å². The maximum atomic E-state index is 5.65. The lowest BCUT2D eigenvalue weighted by atomic mass is 9.88. The summed E-state index contributed by atoms with van der Waals surface area (Å²) in [6.45, 7) is 5.53. The molecule has 3 nitrogen and oxygen atoms in total. The Hall–Kier alpha value is -2.00. The Balaban J connectivity index is 1.96. The molecule has 0 saturated heterocycles. The van der Waals surface area contributed by atoms with E-state index in [-0.39, 0.29) is 0 Å². The van der Waals surface area contributed by atoms with Crippen LogP contribution in [0, 0.1) is 0 Å².